The van der Waals surface area contributed by atoms with E-state index in [1.165, 1.54) is 21.2 Å². The molecule has 0 spiro atoms. The van der Waals surface area contributed by atoms with Gasteiger partial charge in [-0.15, -0.1) is 0 Å². The molecule has 2 nitrogen and oxygen atoms in total. The molecule has 184 valence electrons. The number of benzene rings is 4. The van der Waals surface area contributed by atoms with E-state index in [0.717, 1.165) is 19.8 Å². The summed E-state index contributed by atoms with van der Waals surface area (Å²) < 4.78 is 0. The Labute approximate surface area is 226 Å². The minimum Gasteiger partial charge on any atom is -0.481 e. The van der Waals surface area contributed by atoms with E-state index in [1.54, 1.807) is 0 Å². The number of carboxylic acid groups (broad SMARTS) is 1. The summed E-state index contributed by atoms with van der Waals surface area (Å²) in [5, 5.41) is 13.8. The summed E-state index contributed by atoms with van der Waals surface area (Å²) in [6, 6.07) is 44.5. The van der Waals surface area contributed by atoms with Crippen molar-refractivity contribution in [3.63, 3.8) is 0 Å². The average molecular weight is 592 g/mol. The molecule has 4 rings (SSSR count). The van der Waals surface area contributed by atoms with Crippen LogP contribution in [0, 0.1) is 6.92 Å². The molecule has 0 heterocycles. The van der Waals surface area contributed by atoms with Crippen LogP contribution in [-0.4, -0.2) is 16.5 Å². The van der Waals surface area contributed by atoms with Crippen molar-refractivity contribution in [2.45, 2.75) is 25.2 Å². The van der Waals surface area contributed by atoms with Gasteiger partial charge in [0.2, 0.25) is 0 Å². The maximum Gasteiger partial charge on any atom is 0.300 e. The van der Waals surface area contributed by atoms with Crippen molar-refractivity contribution in [2.75, 3.05) is 0 Å². The summed E-state index contributed by atoms with van der Waals surface area (Å²) in [6.45, 7) is 5.37. The van der Waals surface area contributed by atoms with Gasteiger partial charge in [0.05, 0.1) is 0 Å². The van der Waals surface area contributed by atoms with Gasteiger partial charge in [-0.3, -0.25) is 4.79 Å². The van der Waals surface area contributed by atoms with E-state index in [2.05, 4.69) is 128 Å². The predicted molar refractivity (Wildman–Crippen MR) is 150 cm³/mol. The van der Waals surface area contributed by atoms with Gasteiger partial charge in [-0.25, -0.2) is 0 Å². The second-order valence-corrected chi connectivity index (χ2v) is 12.9. The van der Waals surface area contributed by atoms with E-state index in [4.69, 9.17) is 9.90 Å². The molecule has 0 aliphatic carbocycles. The van der Waals surface area contributed by atoms with Crippen LogP contribution in [0.4, 0.5) is 0 Å². The fourth-order valence-corrected chi connectivity index (χ4v) is 11.2. The molecule has 0 amide bonds. The van der Waals surface area contributed by atoms with Crippen molar-refractivity contribution in [3.05, 3.63) is 128 Å². The Bertz CT molecular complexity index is 944. The molecule has 0 bridgehead atoms. The Balaban J connectivity index is 0.000000804. The Morgan fingerprint density at radius 3 is 1.09 bits per heavy atom. The molecule has 4 aromatic carbocycles. The van der Waals surface area contributed by atoms with Crippen LogP contribution in [0.3, 0.4) is 0 Å². The first-order valence-corrected chi connectivity index (χ1v) is 14.2. The maximum atomic E-state index is 9.00. The van der Waals surface area contributed by atoms with E-state index in [-0.39, 0.29) is 20.4 Å². The van der Waals surface area contributed by atoms with Crippen LogP contribution in [0.25, 0.3) is 0 Å². The summed E-state index contributed by atoms with van der Waals surface area (Å²) >= 11 is 0. The number of carboxylic acids is 1. The Morgan fingerprint density at radius 1 is 0.657 bits per heavy atom. The number of carbonyl (C=O) groups is 1. The normalized spacial score (nSPS) is 10.4. The second-order valence-electron chi connectivity index (χ2n) is 7.72. The summed E-state index contributed by atoms with van der Waals surface area (Å²) in [5.74, 6) is -0.833. The quantitative estimate of drug-likeness (QED) is 0.149. The smallest absolute Gasteiger partial charge is 0.300 e. The third-order valence-corrected chi connectivity index (χ3v) is 11.7. The standard InChI is InChI=1S/C28H27P2.C2H4O2.Pd/c1-2-15-28(29(24-16-7-3-8-17-24)25-18-9-4-10-19-25)30(26-20-11-5-12-21-26)27-22-13-6-14-23-27;1-2(3)4;/h3-14,16-23,28H,1-2,15H2;1H3,(H,3,4);/q-1;;. The van der Waals surface area contributed by atoms with E-state index < -0.39 is 21.8 Å². The zero-order valence-corrected chi connectivity index (χ0v) is 23.2. The van der Waals surface area contributed by atoms with Gasteiger partial charge in [0.15, 0.2) is 0 Å². The van der Waals surface area contributed by atoms with Crippen molar-refractivity contribution in [1.29, 1.82) is 0 Å². The first-order chi connectivity index (χ1) is 16.6. The van der Waals surface area contributed by atoms with Gasteiger partial charge in [-0.05, 0) is 37.1 Å². The third-order valence-electron chi connectivity index (χ3n) is 5.20. The molecule has 0 unspecified atom stereocenters. The summed E-state index contributed by atoms with van der Waals surface area (Å²) in [7, 11) is -1.04. The SMILES string of the molecule is CC(=O)O.[CH2-]CCC(P(c1ccccc1)c1ccccc1)P(c1ccccc1)c1ccccc1.[Pd]. The zero-order chi connectivity index (χ0) is 24.2. The Hall–Kier alpha value is -2.13. The van der Waals surface area contributed by atoms with Gasteiger partial charge in [0.25, 0.3) is 5.97 Å². The molecule has 35 heavy (non-hydrogen) atoms. The first kappa shape index (κ1) is 29.1. The van der Waals surface area contributed by atoms with Gasteiger partial charge < -0.3 is 12.0 Å². The van der Waals surface area contributed by atoms with Gasteiger partial charge in [-0.1, -0.05) is 128 Å². The van der Waals surface area contributed by atoms with Crippen LogP contribution in [0.15, 0.2) is 121 Å². The minimum absolute atomic E-state index is 0. The fraction of sp³-hybridized carbons (Fsp3) is 0.133. The minimum atomic E-state index is -0.833. The van der Waals surface area contributed by atoms with Crippen molar-refractivity contribution >= 4 is 43.0 Å². The number of rotatable bonds is 8. The van der Waals surface area contributed by atoms with Gasteiger partial charge in [0.1, 0.15) is 0 Å². The predicted octanol–water partition coefficient (Wildman–Crippen LogP) is 6.28. The van der Waals surface area contributed by atoms with Crippen molar-refractivity contribution in [2.24, 2.45) is 0 Å². The third kappa shape index (κ3) is 8.79. The topological polar surface area (TPSA) is 37.3 Å². The number of hydrogen-bond acceptors (Lipinski definition) is 1. The Kier molecular flexibility index (Phi) is 13.1. The van der Waals surface area contributed by atoms with Crippen LogP contribution in [0.5, 0.6) is 0 Å². The Morgan fingerprint density at radius 2 is 0.886 bits per heavy atom. The zero-order valence-electron chi connectivity index (χ0n) is 19.8. The number of hydrogen-bond donors (Lipinski definition) is 1. The summed E-state index contributed by atoms with van der Waals surface area (Å²) in [6.07, 6.45) is 2.06. The molecule has 0 radical (unpaired) electrons. The fourth-order valence-electron chi connectivity index (χ4n) is 3.90. The molecule has 0 saturated heterocycles. The van der Waals surface area contributed by atoms with E-state index in [9.17, 15) is 0 Å². The molecule has 5 heteroatoms. The molecular weight excluding hydrogens is 561 g/mol. The van der Waals surface area contributed by atoms with Gasteiger partial charge in [0, 0.05) is 32.7 Å². The van der Waals surface area contributed by atoms with Gasteiger partial charge >= 0.3 is 0 Å². The second kappa shape index (κ2) is 15.8. The number of aliphatic carboxylic acids is 1. The van der Waals surface area contributed by atoms with Crippen molar-refractivity contribution in [3.8, 4) is 0 Å². The average Bonchev–Trinajstić information content (AvgIpc) is 2.87. The molecule has 0 atom stereocenters. The molecule has 0 fully saturated rings. The van der Waals surface area contributed by atoms with Crippen LogP contribution < -0.4 is 21.2 Å². The van der Waals surface area contributed by atoms with E-state index in [0.29, 0.717) is 5.40 Å². The van der Waals surface area contributed by atoms with E-state index >= 15 is 0 Å². The van der Waals surface area contributed by atoms with Crippen LogP contribution in [0.1, 0.15) is 19.8 Å². The van der Waals surface area contributed by atoms with Crippen LogP contribution in [0.2, 0.25) is 0 Å². The summed E-state index contributed by atoms with van der Waals surface area (Å²) in [5.41, 5.74) is 0. The molecule has 4 aromatic rings. The maximum absolute atomic E-state index is 9.00. The molecule has 0 aliphatic heterocycles. The molecule has 0 aliphatic rings. The summed E-state index contributed by atoms with van der Waals surface area (Å²) in [4.78, 5) is 9.00. The molecule has 0 aromatic heterocycles. The van der Waals surface area contributed by atoms with E-state index in [1.807, 2.05) is 0 Å². The van der Waals surface area contributed by atoms with Crippen LogP contribution in [-0.2, 0) is 25.2 Å². The molecular formula is C30H31O2P2Pd-. The monoisotopic (exact) mass is 591 g/mol. The molecule has 0 saturated carbocycles. The van der Waals surface area contributed by atoms with Gasteiger partial charge in [-0.2, -0.15) is 6.42 Å². The van der Waals surface area contributed by atoms with Crippen molar-refractivity contribution in [1.82, 2.24) is 0 Å². The first-order valence-electron chi connectivity index (χ1n) is 11.4. The molecule has 1 N–H and O–H groups in total. The van der Waals surface area contributed by atoms with Crippen LogP contribution >= 0.6 is 15.8 Å². The van der Waals surface area contributed by atoms with Crippen molar-refractivity contribution < 1.29 is 30.3 Å². The largest absolute Gasteiger partial charge is 0.481 e.